The summed E-state index contributed by atoms with van der Waals surface area (Å²) in [5.41, 5.74) is 0.818. The predicted molar refractivity (Wildman–Crippen MR) is 111 cm³/mol. The van der Waals surface area contributed by atoms with E-state index in [2.05, 4.69) is 9.88 Å². The Balaban J connectivity index is 0.00000225. The van der Waals surface area contributed by atoms with Crippen LogP contribution >= 0.6 is 23.7 Å². The number of thiazole rings is 1. The average Bonchev–Trinajstić information content (AvgIpc) is 3.38. The van der Waals surface area contributed by atoms with E-state index < -0.39 is 0 Å². The van der Waals surface area contributed by atoms with Gasteiger partial charge in [0.25, 0.3) is 5.91 Å². The predicted octanol–water partition coefficient (Wildman–Crippen LogP) is 3.30. The molecule has 1 amide bonds. The maximum absolute atomic E-state index is 13.0. The van der Waals surface area contributed by atoms with Crippen molar-refractivity contribution in [3.05, 3.63) is 42.4 Å². The van der Waals surface area contributed by atoms with Crippen LogP contribution in [0.2, 0.25) is 0 Å². The molecule has 0 bridgehead atoms. The van der Waals surface area contributed by atoms with E-state index in [1.54, 1.807) is 24.1 Å². The van der Waals surface area contributed by atoms with Crippen LogP contribution in [0.3, 0.4) is 0 Å². The summed E-state index contributed by atoms with van der Waals surface area (Å²) in [6, 6.07) is 9.15. The largest absolute Gasteiger partial charge is 0.497 e. The zero-order valence-corrected chi connectivity index (χ0v) is 17.1. The van der Waals surface area contributed by atoms with Crippen molar-refractivity contribution in [3.8, 4) is 5.75 Å². The summed E-state index contributed by atoms with van der Waals surface area (Å²) >= 11 is 1.49. The van der Waals surface area contributed by atoms with Gasteiger partial charge in [-0.1, -0.05) is 11.3 Å². The molecular weight excluding hydrogens is 402 g/mol. The first kappa shape index (κ1) is 20.6. The number of fused-ring (bicyclic) bond motifs is 1. The summed E-state index contributed by atoms with van der Waals surface area (Å²) in [4.78, 5) is 21.7. The first-order valence-corrected chi connectivity index (χ1v) is 9.66. The van der Waals surface area contributed by atoms with E-state index in [0.717, 1.165) is 48.8 Å². The SMILES string of the molecule is COc1ccc2sc(N(CCN3CCOCC3)C(=O)c3ccco3)nc2c1.Cl. The van der Waals surface area contributed by atoms with Gasteiger partial charge in [-0.2, -0.15) is 0 Å². The molecule has 0 unspecified atom stereocenters. The van der Waals surface area contributed by atoms with Gasteiger partial charge in [-0.15, -0.1) is 12.4 Å². The third-order valence-electron chi connectivity index (χ3n) is 4.54. The van der Waals surface area contributed by atoms with Gasteiger partial charge in [-0.3, -0.25) is 14.6 Å². The Kier molecular flexibility index (Phi) is 6.90. The average molecular weight is 424 g/mol. The van der Waals surface area contributed by atoms with Gasteiger partial charge in [0.05, 0.1) is 36.8 Å². The highest BCUT2D eigenvalue weighted by Gasteiger charge is 2.24. The maximum Gasteiger partial charge on any atom is 0.295 e. The molecule has 7 nitrogen and oxygen atoms in total. The fraction of sp³-hybridized carbons (Fsp3) is 0.368. The zero-order chi connectivity index (χ0) is 18.6. The number of methoxy groups -OCH3 is 1. The van der Waals surface area contributed by atoms with Crippen LogP contribution in [0.4, 0.5) is 5.13 Å². The molecule has 0 spiro atoms. The molecule has 9 heteroatoms. The van der Waals surface area contributed by atoms with Gasteiger partial charge in [-0.25, -0.2) is 4.98 Å². The number of carbonyl (C=O) groups is 1. The van der Waals surface area contributed by atoms with E-state index in [4.69, 9.17) is 13.9 Å². The van der Waals surface area contributed by atoms with Crippen LogP contribution in [0, 0.1) is 0 Å². The number of rotatable bonds is 6. The number of nitrogens with zero attached hydrogens (tertiary/aromatic N) is 3. The van der Waals surface area contributed by atoms with Crippen molar-refractivity contribution < 1.29 is 18.7 Å². The van der Waals surface area contributed by atoms with E-state index in [0.29, 0.717) is 17.4 Å². The Labute approximate surface area is 173 Å². The van der Waals surface area contributed by atoms with Gasteiger partial charge in [0.15, 0.2) is 10.9 Å². The van der Waals surface area contributed by atoms with Crippen LogP contribution in [0.25, 0.3) is 10.2 Å². The first-order valence-electron chi connectivity index (χ1n) is 8.84. The number of benzene rings is 1. The van der Waals surface area contributed by atoms with Crippen LogP contribution < -0.4 is 9.64 Å². The number of amides is 1. The monoisotopic (exact) mass is 423 g/mol. The molecule has 0 aliphatic carbocycles. The second-order valence-corrected chi connectivity index (χ2v) is 7.23. The molecule has 1 aliphatic heterocycles. The third-order valence-corrected chi connectivity index (χ3v) is 5.59. The van der Waals surface area contributed by atoms with Crippen molar-refractivity contribution in [2.24, 2.45) is 0 Å². The van der Waals surface area contributed by atoms with Gasteiger partial charge in [0.1, 0.15) is 5.75 Å². The Morgan fingerprint density at radius 2 is 2.14 bits per heavy atom. The highest BCUT2D eigenvalue weighted by Crippen LogP contribution is 2.32. The van der Waals surface area contributed by atoms with Crippen molar-refractivity contribution >= 4 is 45.0 Å². The molecule has 1 fully saturated rings. The molecule has 0 radical (unpaired) electrons. The van der Waals surface area contributed by atoms with Crippen molar-refractivity contribution in [1.29, 1.82) is 0 Å². The van der Waals surface area contributed by atoms with Crippen molar-refractivity contribution in [2.45, 2.75) is 0 Å². The number of carbonyl (C=O) groups excluding carboxylic acids is 1. The highest BCUT2D eigenvalue weighted by molar-refractivity contribution is 7.22. The minimum atomic E-state index is -0.181. The number of hydrogen-bond acceptors (Lipinski definition) is 7. The molecular formula is C19H22ClN3O4S. The Morgan fingerprint density at radius 1 is 1.32 bits per heavy atom. The molecule has 2 aromatic heterocycles. The topological polar surface area (TPSA) is 68.0 Å². The van der Waals surface area contributed by atoms with Gasteiger partial charge < -0.3 is 13.9 Å². The zero-order valence-electron chi connectivity index (χ0n) is 15.5. The molecule has 4 rings (SSSR count). The molecule has 28 heavy (non-hydrogen) atoms. The smallest absolute Gasteiger partial charge is 0.295 e. The van der Waals surface area contributed by atoms with E-state index >= 15 is 0 Å². The lowest BCUT2D eigenvalue weighted by atomic mass is 10.3. The summed E-state index contributed by atoms with van der Waals surface area (Å²) in [5.74, 6) is 0.879. The Bertz CT molecular complexity index is 909. The molecule has 0 N–H and O–H groups in total. The van der Waals surface area contributed by atoms with Crippen LogP contribution in [-0.2, 0) is 4.74 Å². The maximum atomic E-state index is 13.0. The fourth-order valence-electron chi connectivity index (χ4n) is 3.02. The van der Waals surface area contributed by atoms with Crippen LogP contribution in [0.15, 0.2) is 41.0 Å². The van der Waals surface area contributed by atoms with Crippen LogP contribution in [-0.4, -0.2) is 62.3 Å². The molecule has 1 aliphatic rings. The van der Waals surface area contributed by atoms with Gasteiger partial charge in [0, 0.05) is 32.2 Å². The lowest BCUT2D eigenvalue weighted by Crippen LogP contribution is -2.43. The second kappa shape index (κ2) is 9.38. The molecule has 3 heterocycles. The third kappa shape index (κ3) is 4.47. The number of morpholine rings is 1. The van der Waals surface area contributed by atoms with Crippen LogP contribution in [0.1, 0.15) is 10.6 Å². The molecule has 1 aromatic carbocycles. The molecule has 150 valence electrons. The quantitative estimate of drug-likeness (QED) is 0.606. The molecule has 3 aromatic rings. The van der Waals surface area contributed by atoms with Crippen molar-refractivity contribution in [1.82, 2.24) is 9.88 Å². The Hall–Kier alpha value is -2.13. The first-order chi connectivity index (χ1) is 13.2. The Morgan fingerprint density at radius 3 is 2.86 bits per heavy atom. The van der Waals surface area contributed by atoms with Crippen LogP contribution in [0.5, 0.6) is 5.75 Å². The van der Waals surface area contributed by atoms with Crippen molar-refractivity contribution in [2.75, 3.05) is 51.4 Å². The summed E-state index contributed by atoms with van der Waals surface area (Å²) in [6.07, 6.45) is 1.51. The summed E-state index contributed by atoms with van der Waals surface area (Å²) in [6.45, 7) is 4.51. The highest BCUT2D eigenvalue weighted by atomic mass is 35.5. The standard InChI is InChI=1S/C19H21N3O4S.ClH/c1-24-14-4-5-17-15(13-14)20-19(27-17)22(18(23)16-3-2-10-26-16)7-6-21-8-11-25-12-9-21;/h2-5,10,13H,6-9,11-12H2,1H3;1H. The lowest BCUT2D eigenvalue weighted by molar-refractivity contribution is 0.0390. The number of anilines is 1. The number of halogens is 1. The number of ether oxygens (including phenoxy) is 2. The van der Waals surface area contributed by atoms with E-state index in [-0.39, 0.29) is 18.3 Å². The summed E-state index contributed by atoms with van der Waals surface area (Å²) in [5, 5.41) is 0.660. The van der Waals surface area contributed by atoms with E-state index in [9.17, 15) is 4.79 Å². The number of hydrogen-bond donors (Lipinski definition) is 0. The minimum absolute atomic E-state index is 0. The second-order valence-electron chi connectivity index (χ2n) is 6.22. The van der Waals surface area contributed by atoms with Gasteiger partial charge in [0.2, 0.25) is 0 Å². The normalized spacial score (nSPS) is 14.6. The van der Waals surface area contributed by atoms with E-state index in [1.165, 1.54) is 17.6 Å². The number of aromatic nitrogens is 1. The fourth-order valence-corrected chi connectivity index (χ4v) is 3.99. The lowest BCUT2D eigenvalue weighted by Gasteiger charge is -2.28. The molecule has 0 saturated carbocycles. The molecule has 0 atom stereocenters. The van der Waals surface area contributed by atoms with Gasteiger partial charge >= 0.3 is 0 Å². The van der Waals surface area contributed by atoms with Crippen molar-refractivity contribution in [3.63, 3.8) is 0 Å². The molecule has 1 saturated heterocycles. The summed E-state index contributed by atoms with van der Waals surface area (Å²) < 4.78 is 17.0. The summed E-state index contributed by atoms with van der Waals surface area (Å²) in [7, 11) is 1.63. The van der Waals surface area contributed by atoms with E-state index in [1.807, 2.05) is 18.2 Å². The van der Waals surface area contributed by atoms with Gasteiger partial charge in [-0.05, 0) is 24.3 Å². The minimum Gasteiger partial charge on any atom is -0.497 e. The number of furan rings is 1.